The van der Waals surface area contributed by atoms with Crippen molar-refractivity contribution in [2.24, 2.45) is 0 Å². The largest absolute Gasteiger partial charge is 0.462 e. The van der Waals surface area contributed by atoms with Gasteiger partial charge in [-0.1, -0.05) is 6.07 Å². The van der Waals surface area contributed by atoms with Gasteiger partial charge in [-0.15, -0.1) is 11.3 Å². The van der Waals surface area contributed by atoms with E-state index in [9.17, 15) is 9.59 Å². The zero-order valence-corrected chi connectivity index (χ0v) is 13.5. The minimum Gasteiger partial charge on any atom is -0.462 e. The lowest BCUT2D eigenvalue weighted by atomic mass is 10.1. The van der Waals surface area contributed by atoms with E-state index >= 15 is 0 Å². The van der Waals surface area contributed by atoms with Gasteiger partial charge in [0, 0.05) is 11.1 Å². The topological polar surface area (TPSA) is 80.3 Å². The molecule has 23 heavy (non-hydrogen) atoms. The summed E-state index contributed by atoms with van der Waals surface area (Å²) in [4.78, 5) is 29.6. The molecule has 7 heteroatoms. The van der Waals surface area contributed by atoms with Gasteiger partial charge in [0.05, 0.1) is 12.2 Å². The van der Waals surface area contributed by atoms with Crippen LogP contribution in [0.5, 0.6) is 0 Å². The van der Waals surface area contributed by atoms with Gasteiger partial charge in [-0.25, -0.2) is 14.6 Å². The molecule has 0 unspecified atom stereocenters. The van der Waals surface area contributed by atoms with Gasteiger partial charge in [-0.05, 0) is 43.9 Å². The summed E-state index contributed by atoms with van der Waals surface area (Å²) < 4.78 is 5.14. The molecule has 1 aliphatic rings. The molecule has 0 spiro atoms. The first kappa shape index (κ1) is 15.5. The molecule has 0 aromatic carbocycles. The SMILES string of the molecule is CCOC(=O)c1c(NC(=O)Nc2ccccn2)sc2c1CCC2. The van der Waals surface area contributed by atoms with E-state index in [-0.39, 0.29) is 5.97 Å². The van der Waals surface area contributed by atoms with Crippen molar-refractivity contribution in [3.63, 3.8) is 0 Å². The van der Waals surface area contributed by atoms with Gasteiger partial charge in [0.25, 0.3) is 0 Å². The van der Waals surface area contributed by atoms with Crippen molar-refractivity contribution in [1.82, 2.24) is 4.98 Å². The fourth-order valence-corrected chi connectivity index (χ4v) is 3.87. The van der Waals surface area contributed by atoms with Crippen LogP contribution in [-0.4, -0.2) is 23.6 Å². The number of anilines is 2. The highest BCUT2D eigenvalue weighted by atomic mass is 32.1. The predicted molar refractivity (Wildman–Crippen MR) is 89.2 cm³/mol. The molecule has 3 rings (SSSR count). The summed E-state index contributed by atoms with van der Waals surface area (Å²) >= 11 is 1.45. The van der Waals surface area contributed by atoms with Crippen LogP contribution in [0.4, 0.5) is 15.6 Å². The summed E-state index contributed by atoms with van der Waals surface area (Å²) in [6.45, 7) is 2.08. The monoisotopic (exact) mass is 331 g/mol. The maximum Gasteiger partial charge on any atom is 0.341 e. The second-order valence-corrected chi connectivity index (χ2v) is 6.18. The van der Waals surface area contributed by atoms with Crippen molar-refractivity contribution in [3.8, 4) is 0 Å². The van der Waals surface area contributed by atoms with Gasteiger partial charge >= 0.3 is 12.0 Å². The lowest BCUT2D eigenvalue weighted by Crippen LogP contribution is -2.21. The summed E-state index contributed by atoms with van der Waals surface area (Å²) in [7, 11) is 0. The van der Waals surface area contributed by atoms with E-state index in [1.165, 1.54) is 11.3 Å². The Labute approximate surface area is 137 Å². The molecule has 0 saturated carbocycles. The van der Waals surface area contributed by atoms with Crippen LogP contribution in [0.25, 0.3) is 0 Å². The number of fused-ring (bicyclic) bond motifs is 1. The third-order valence-electron chi connectivity index (χ3n) is 3.53. The minimum atomic E-state index is -0.422. The Balaban J connectivity index is 1.80. The number of rotatable bonds is 4. The van der Waals surface area contributed by atoms with E-state index in [0.29, 0.717) is 23.0 Å². The smallest absolute Gasteiger partial charge is 0.341 e. The van der Waals surface area contributed by atoms with E-state index in [0.717, 1.165) is 29.7 Å². The van der Waals surface area contributed by atoms with Crippen molar-refractivity contribution in [2.75, 3.05) is 17.2 Å². The van der Waals surface area contributed by atoms with E-state index in [1.807, 2.05) is 0 Å². The number of urea groups is 1. The maximum atomic E-state index is 12.2. The standard InChI is InChI=1S/C16H17N3O3S/c1-2-22-15(20)13-10-6-5-7-11(10)23-14(13)19-16(21)18-12-8-3-4-9-17-12/h3-4,8-9H,2,5-7H2,1H3,(H2,17,18,19,21). The summed E-state index contributed by atoms with van der Waals surface area (Å²) in [6, 6.07) is 4.83. The number of aryl methyl sites for hydroxylation is 1. The number of thiophene rings is 1. The van der Waals surface area contributed by atoms with Gasteiger partial charge in [-0.2, -0.15) is 0 Å². The van der Waals surface area contributed by atoms with Crippen LogP contribution in [0.3, 0.4) is 0 Å². The van der Waals surface area contributed by atoms with E-state index < -0.39 is 6.03 Å². The number of aromatic nitrogens is 1. The molecular weight excluding hydrogens is 314 g/mol. The number of hydrogen-bond acceptors (Lipinski definition) is 5. The Morgan fingerprint density at radius 2 is 2.17 bits per heavy atom. The molecule has 1 aliphatic carbocycles. The van der Waals surface area contributed by atoms with Crippen molar-refractivity contribution < 1.29 is 14.3 Å². The number of esters is 1. The Morgan fingerprint density at radius 3 is 2.91 bits per heavy atom. The van der Waals surface area contributed by atoms with Crippen molar-refractivity contribution >= 4 is 34.2 Å². The van der Waals surface area contributed by atoms with Crippen LogP contribution in [-0.2, 0) is 17.6 Å². The second-order valence-electron chi connectivity index (χ2n) is 5.08. The molecule has 2 heterocycles. The average molecular weight is 331 g/mol. The third kappa shape index (κ3) is 3.34. The van der Waals surface area contributed by atoms with Gasteiger partial charge in [0.15, 0.2) is 0 Å². The first-order valence-electron chi connectivity index (χ1n) is 7.49. The Hall–Kier alpha value is -2.41. The highest BCUT2D eigenvalue weighted by molar-refractivity contribution is 7.17. The fourth-order valence-electron chi connectivity index (χ4n) is 2.60. The summed E-state index contributed by atoms with van der Waals surface area (Å²) in [6.07, 6.45) is 4.42. The molecule has 0 aliphatic heterocycles. The molecule has 2 amide bonds. The van der Waals surface area contributed by atoms with Crippen molar-refractivity contribution in [3.05, 3.63) is 40.4 Å². The zero-order chi connectivity index (χ0) is 16.2. The quantitative estimate of drug-likeness (QED) is 0.841. The highest BCUT2D eigenvalue weighted by Crippen LogP contribution is 2.39. The molecule has 120 valence electrons. The van der Waals surface area contributed by atoms with Gasteiger partial charge in [-0.3, -0.25) is 10.6 Å². The Kier molecular flexibility index (Phi) is 4.57. The minimum absolute atomic E-state index is 0.309. The van der Waals surface area contributed by atoms with E-state index in [2.05, 4.69) is 15.6 Å². The maximum absolute atomic E-state index is 12.2. The van der Waals surface area contributed by atoms with Gasteiger partial charge in [0.2, 0.25) is 0 Å². The zero-order valence-electron chi connectivity index (χ0n) is 12.7. The lowest BCUT2D eigenvalue weighted by molar-refractivity contribution is 0.0527. The number of hydrogen-bond donors (Lipinski definition) is 2. The lowest BCUT2D eigenvalue weighted by Gasteiger charge is -2.08. The summed E-state index contributed by atoms with van der Waals surface area (Å²) in [5.41, 5.74) is 1.52. The predicted octanol–water partition coefficient (Wildman–Crippen LogP) is 3.45. The number of carbonyl (C=O) groups is 2. The van der Waals surface area contributed by atoms with Crippen LogP contribution in [0.15, 0.2) is 24.4 Å². The molecule has 6 nitrogen and oxygen atoms in total. The van der Waals surface area contributed by atoms with Crippen LogP contribution in [0, 0.1) is 0 Å². The highest BCUT2D eigenvalue weighted by Gasteiger charge is 2.28. The molecular formula is C16H17N3O3S. The third-order valence-corrected chi connectivity index (χ3v) is 4.74. The molecule has 2 N–H and O–H groups in total. The van der Waals surface area contributed by atoms with Crippen molar-refractivity contribution in [2.45, 2.75) is 26.2 Å². The molecule has 0 bridgehead atoms. The Bertz CT molecular complexity index is 728. The van der Waals surface area contributed by atoms with Crippen LogP contribution in [0.1, 0.15) is 34.1 Å². The summed E-state index contributed by atoms with van der Waals surface area (Å²) in [5.74, 6) is 0.0758. The van der Waals surface area contributed by atoms with Crippen molar-refractivity contribution in [1.29, 1.82) is 0 Å². The van der Waals surface area contributed by atoms with Gasteiger partial charge in [0.1, 0.15) is 10.8 Å². The number of pyridine rings is 1. The first-order chi connectivity index (χ1) is 11.2. The van der Waals surface area contributed by atoms with E-state index in [1.54, 1.807) is 31.3 Å². The van der Waals surface area contributed by atoms with Crippen LogP contribution < -0.4 is 10.6 Å². The number of nitrogens with one attached hydrogen (secondary N) is 2. The van der Waals surface area contributed by atoms with Gasteiger partial charge < -0.3 is 4.74 Å². The molecule has 0 saturated heterocycles. The van der Waals surface area contributed by atoms with E-state index in [4.69, 9.17) is 4.74 Å². The number of carbonyl (C=O) groups excluding carboxylic acids is 2. The number of nitrogens with zero attached hydrogens (tertiary/aromatic N) is 1. The second kappa shape index (κ2) is 6.78. The molecule has 2 aromatic heterocycles. The summed E-state index contributed by atoms with van der Waals surface area (Å²) in [5, 5.41) is 5.95. The van der Waals surface area contributed by atoms with Crippen LogP contribution >= 0.6 is 11.3 Å². The molecule has 0 fully saturated rings. The van der Waals surface area contributed by atoms with Crippen LogP contribution in [0.2, 0.25) is 0 Å². The normalized spacial score (nSPS) is 12.6. The number of ether oxygens (including phenoxy) is 1. The fraction of sp³-hybridized carbons (Fsp3) is 0.312. The Morgan fingerprint density at radius 1 is 1.30 bits per heavy atom. The average Bonchev–Trinajstić information content (AvgIpc) is 3.08. The number of amides is 2. The molecule has 0 radical (unpaired) electrons. The molecule has 2 aromatic rings. The molecule has 0 atom stereocenters. The first-order valence-corrected chi connectivity index (χ1v) is 8.31.